The SMILES string of the molecule is O.O=C=C1OCCNC1C(=O)O. The van der Waals surface area contributed by atoms with E-state index < -0.39 is 12.0 Å². The number of carboxylic acids is 1. The molecule has 12 heavy (non-hydrogen) atoms. The minimum Gasteiger partial charge on any atom is -0.483 e. The van der Waals surface area contributed by atoms with E-state index in [0.29, 0.717) is 13.2 Å². The van der Waals surface area contributed by atoms with Crippen LogP contribution in [0.4, 0.5) is 0 Å². The van der Waals surface area contributed by atoms with E-state index in [4.69, 9.17) is 9.84 Å². The van der Waals surface area contributed by atoms with Crippen LogP contribution in [0.3, 0.4) is 0 Å². The molecule has 0 amide bonds. The Kier molecular flexibility index (Phi) is 3.99. The molecule has 1 unspecified atom stereocenters. The van der Waals surface area contributed by atoms with Crippen LogP contribution in [0.2, 0.25) is 0 Å². The fourth-order valence-corrected chi connectivity index (χ4v) is 0.828. The Morgan fingerprint density at radius 1 is 1.75 bits per heavy atom. The Hall–Kier alpha value is -1.36. The molecule has 0 bridgehead atoms. The highest BCUT2D eigenvalue weighted by Crippen LogP contribution is 2.04. The van der Waals surface area contributed by atoms with Gasteiger partial charge in [0.2, 0.25) is 5.76 Å². The fraction of sp³-hybridized carbons (Fsp3) is 0.500. The Balaban J connectivity index is 0.00000121. The third-order valence-corrected chi connectivity index (χ3v) is 1.32. The monoisotopic (exact) mass is 175 g/mol. The molecule has 6 heteroatoms. The lowest BCUT2D eigenvalue weighted by Gasteiger charge is -2.20. The van der Waals surface area contributed by atoms with E-state index in [-0.39, 0.29) is 11.2 Å². The van der Waals surface area contributed by atoms with Crippen molar-refractivity contribution in [3.63, 3.8) is 0 Å². The predicted molar refractivity (Wildman–Crippen MR) is 38.2 cm³/mol. The lowest BCUT2D eigenvalue weighted by molar-refractivity contribution is -0.140. The highest BCUT2D eigenvalue weighted by atomic mass is 16.5. The summed E-state index contributed by atoms with van der Waals surface area (Å²) in [4.78, 5) is 20.5. The summed E-state index contributed by atoms with van der Waals surface area (Å²) in [5.74, 6) is 0.137. The van der Waals surface area contributed by atoms with Gasteiger partial charge in [0.1, 0.15) is 6.61 Å². The second-order valence-corrected chi connectivity index (χ2v) is 2.04. The van der Waals surface area contributed by atoms with Crippen molar-refractivity contribution in [1.82, 2.24) is 5.32 Å². The van der Waals surface area contributed by atoms with E-state index in [9.17, 15) is 9.59 Å². The molecular formula is C6H9NO5. The quantitative estimate of drug-likeness (QED) is 0.446. The van der Waals surface area contributed by atoms with Gasteiger partial charge in [-0.15, -0.1) is 0 Å². The number of nitrogens with one attached hydrogen (secondary N) is 1. The first-order chi connectivity index (χ1) is 5.25. The summed E-state index contributed by atoms with van der Waals surface area (Å²) in [6, 6.07) is -1.03. The standard InChI is InChI=1S/C6H7NO4.H2O/c8-3-4-5(6(9)10)7-1-2-11-4;/h5,7H,1-2H2,(H,9,10);1H2. The summed E-state index contributed by atoms with van der Waals surface area (Å²) >= 11 is 0. The number of hydrogen-bond acceptors (Lipinski definition) is 4. The fourth-order valence-electron chi connectivity index (χ4n) is 0.828. The van der Waals surface area contributed by atoms with Crippen molar-refractivity contribution in [2.75, 3.05) is 13.2 Å². The maximum absolute atomic E-state index is 10.4. The number of aliphatic carboxylic acids is 1. The van der Waals surface area contributed by atoms with E-state index in [0.717, 1.165) is 0 Å². The van der Waals surface area contributed by atoms with Gasteiger partial charge in [0, 0.05) is 6.54 Å². The predicted octanol–water partition coefficient (Wildman–Crippen LogP) is -2.05. The summed E-state index contributed by atoms with van der Waals surface area (Å²) in [5.41, 5.74) is 0. The summed E-state index contributed by atoms with van der Waals surface area (Å²) in [6.07, 6.45) is 0. The van der Waals surface area contributed by atoms with Gasteiger partial charge < -0.3 is 15.3 Å². The van der Waals surface area contributed by atoms with Crippen molar-refractivity contribution in [1.29, 1.82) is 0 Å². The molecule has 0 saturated carbocycles. The van der Waals surface area contributed by atoms with Crippen molar-refractivity contribution in [3.05, 3.63) is 5.76 Å². The van der Waals surface area contributed by atoms with Gasteiger partial charge in [-0.2, -0.15) is 0 Å². The van der Waals surface area contributed by atoms with E-state index in [1.807, 2.05) is 0 Å². The van der Waals surface area contributed by atoms with Gasteiger partial charge in [0.05, 0.1) is 0 Å². The first-order valence-electron chi connectivity index (χ1n) is 3.09. The molecule has 6 nitrogen and oxygen atoms in total. The molecule has 1 heterocycles. The van der Waals surface area contributed by atoms with Crippen molar-refractivity contribution in [3.8, 4) is 0 Å². The number of carbonyl (C=O) groups excluding carboxylic acids is 1. The van der Waals surface area contributed by atoms with Crippen LogP contribution in [0.25, 0.3) is 0 Å². The lowest BCUT2D eigenvalue weighted by Crippen LogP contribution is -2.45. The number of morpholine rings is 1. The van der Waals surface area contributed by atoms with Crippen LogP contribution in [-0.4, -0.2) is 41.7 Å². The van der Waals surface area contributed by atoms with E-state index in [1.54, 1.807) is 0 Å². The number of ether oxygens (including phenoxy) is 1. The minimum atomic E-state index is -1.12. The Morgan fingerprint density at radius 3 is 2.83 bits per heavy atom. The van der Waals surface area contributed by atoms with Crippen molar-refractivity contribution in [2.24, 2.45) is 0 Å². The number of carbonyl (C=O) groups is 1. The average Bonchev–Trinajstić information content (AvgIpc) is 2.04. The first-order valence-corrected chi connectivity index (χ1v) is 3.09. The van der Waals surface area contributed by atoms with Gasteiger partial charge in [-0.1, -0.05) is 0 Å². The molecule has 0 aromatic rings. The summed E-state index contributed by atoms with van der Waals surface area (Å²) in [6.45, 7) is 0.747. The van der Waals surface area contributed by atoms with Gasteiger partial charge in [-0.25, -0.2) is 9.59 Å². The van der Waals surface area contributed by atoms with Crippen LogP contribution >= 0.6 is 0 Å². The van der Waals surface area contributed by atoms with Gasteiger partial charge in [-0.3, -0.25) is 5.32 Å². The maximum Gasteiger partial charge on any atom is 0.329 e. The van der Waals surface area contributed by atoms with E-state index in [2.05, 4.69) is 5.32 Å². The lowest BCUT2D eigenvalue weighted by atomic mass is 10.2. The van der Waals surface area contributed by atoms with E-state index in [1.165, 1.54) is 5.94 Å². The molecular weight excluding hydrogens is 166 g/mol. The zero-order chi connectivity index (χ0) is 8.27. The van der Waals surface area contributed by atoms with Gasteiger partial charge in [0.25, 0.3) is 0 Å². The molecule has 1 aliphatic rings. The maximum atomic E-state index is 10.4. The average molecular weight is 175 g/mol. The minimum absolute atomic E-state index is 0. The van der Waals surface area contributed by atoms with Crippen molar-refractivity contribution in [2.45, 2.75) is 6.04 Å². The molecule has 68 valence electrons. The van der Waals surface area contributed by atoms with Crippen LogP contribution in [0.5, 0.6) is 0 Å². The van der Waals surface area contributed by atoms with Gasteiger partial charge in [0.15, 0.2) is 12.0 Å². The second-order valence-electron chi connectivity index (χ2n) is 2.04. The topological polar surface area (TPSA) is 107 Å². The Bertz CT molecular complexity index is 220. The Labute approximate surface area is 68.1 Å². The van der Waals surface area contributed by atoms with Crippen LogP contribution in [-0.2, 0) is 14.3 Å². The molecule has 1 aliphatic heterocycles. The second kappa shape index (κ2) is 4.50. The molecule has 0 spiro atoms. The van der Waals surface area contributed by atoms with Crippen LogP contribution in [0.15, 0.2) is 5.76 Å². The molecule has 0 aromatic heterocycles. The highest BCUT2D eigenvalue weighted by molar-refractivity contribution is 5.80. The molecule has 0 aromatic carbocycles. The van der Waals surface area contributed by atoms with Gasteiger partial charge in [-0.05, 0) is 0 Å². The van der Waals surface area contributed by atoms with Crippen LogP contribution in [0.1, 0.15) is 0 Å². The summed E-state index contributed by atoms with van der Waals surface area (Å²) in [7, 11) is 0. The molecule has 4 N–H and O–H groups in total. The summed E-state index contributed by atoms with van der Waals surface area (Å²) in [5, 5.41) is 11.1. The molecule has 1 atom stereocenters. The molecule has 0 radical (unpaired) electrons. The molecule has 1 rings (SSSR count). The molecule has 0 aliphatic carbocycles. The largest absolute Gasteiger partial charge is 0.483 e. The van der Waals surface area contributed by atoms with E-state index >= 15 is 0 Å². The normalized spacial score (nSPS) is 21.7. The first kappa shape index (κ1) is 10.6. The third kappa shape index (κ3) is 2.06. The molecule has 1 fully saturated rings. The van der Waals surface area contributed by atoms with Crippen molar-refractivity contribution < 1.29 is 24.9 Å². The Morgan fingerprint density at radius 2 is 2.42 bits per heavy atom. The highest BCUT2D eigenvalue weighted by Gasteiger charge is 2.27. The number of hydrogen-bond donors (Lipinski definition) is 2. The van der Waals surface area contributed by atoms with Crippen LogP contribution < -0.4 is 5.32 Å². The third-order valence-electron chi connectivity index (χ3n) is 1.32. The number of rotatable bonds is 1. The van der Waals surface area contributed by atoms with Crippen molar-refractivity contribution >= 4 is 11.9 Å². The van der Waals surface area contributed by atoms with Crippen LogP contribution in [0, 0.1) is 0 Å². The smallest absolute Gasteiger partial charge is 0.329 e. The zero-order valence-electron chi connectivity index (χ0n) is 6.16. The zero-order valence-corrected chi connectivity index (χ0v) is 6.16. The van der Waals surface area contributed by atoms with Gasteiger partial charge >= 0.3 is 5.97 Å². The number of carboxylic acid groups (broad SMARTS) is 1. The molecule has 1 saturated heterocycles. The summed E-state index contributed by atoms with van der Waals surface area (Å²) < 4.78 is 4.75.